The first-order chi connectivity index (χ1) is 8.91. The molecular weight excluding hydrogens is 324 g/mol. The molecule has 0 amide bonds. The molecule has 2 rings (SSSR count). The van der Waals surface area contributed by atoms with Crippen LogP contribution in [0, 0.1) is 20.8 Å². The fraction of sp³-hybridized carbons (Fsp3) is 0.188. The molecule has 0 saturated heterocycles. The van der Waals surface area contributed by atoms with Gasteiger partial charge in [0.15, 0.2) is 5.78 Å². The second kappa shape index (κ2) is 5.48. The third-order valence-electron chi connectivity index (χ3n) is 3.19. The van der Waals surface area contributed by atoms with E-state index >= 15 is 0 Å². The first-order valence-electron chi connectivity index (χ1n) is 5.98. The van der Waals surface area contributed by atoms with E-state index in [0.29, 0.717) is 16.1 Å². The smallest absolute Gasteiger partial charge is 0.194 e. The Kier molecular flexibility index (Phi) is 4.12. The van der Waals surface area contributed by atoms with Crippen LogP contribution in [-0.4, -0.2) is 5.78 Å². The highest BCUT2D eigenvalue weighted by Crippen LogP contribution is 2.27. The third kappa shape index (κ3) is 2.75. The molecule has 3 heteroatoms. The standard InChI is InChI=1S/C16H14BrClO/c1-9-5-4-6-12(15(9)17)16(19)13-7-11(3)14(18)8-10(13)2/h4-8H,1-3H3. The minimum atomic E-state index is 0.0211. The van der Waals surface area contributed by atoms with E-state index in [4.69, 9.17) is 11.6 Å². The van der Waals surface area contributed by atoms with Gasteiger partial charge < -0.3 is 0 Å². The van der Waals surface area contributed by atoms with Crippen molar-refractivity contribution in [1.82, 2.24) is 0 Å². The van der Waals surface area contributed by atoms with E-state index in [1.165, 1.54) is 0 Å². The van der Waals surface area contributed by atoms with Gasteiger partial charge in [-0.3, -0.25) is 4.79 Å². The summed E-state index contributed by atoms with van der Waals surface area (Å²) in [6.45, 7) is 5.78. The maximum absolute atomic E-state index is 12.6. The molecule has 2 aromatic carbocycles. The van der Waals surface area contributed by atoms with Crippen molar-refractivity contribution in [3.63, 3.8) is 0 Å². The molecule has 0 saturated carbocycles. The fourth-order valence-corrected chi connectivity index (χ4v) is 2.66. The van der Waals surface area contributed by atoms with Gasteiger partial charge >= 0.3 is 0 Å². The van der Waals surface area contributed by atoms with E-state index in [1.807, 2.05) is 51.1 Å². The van der Waals surface area contributed by atoms with E-state index in [9.17, 15) is 4.79 Å². The van der Waals surface area contributed by atoms with Crippen molar-refractivity contribution in [3.05, 3.63) is 67.6 Å². The van der Waals surface area contributed by atoms with Gasteiger partial charge in [0, 0.05) is 20.6 Å². The molecule has 0 fully saturated rings. The van der Waals surface area contributed by atoms with Crippen LogP contribution >= 0.6 is 27.5 Å². The van der Waals surface area contributed by atoms with Crippen molar-refractivity contribution < 1.29 is 4.79 Å². The van der Waals surface area contributed by atoms with Crippen molar-refractivity contribution in [2.24, 2.45) is 0 Å². The Labute approximate surface area is 126 Å². The molecule has 0 N–H and O–H groups in total. The largest absolute Gasteiger partial charge is 0.289 e. The van der Waals surface area contributed by atoms with Crippen LogP contribution in [0.15, 0.2) is 34.8 Å². The van der Waals surface area contributed by atoms with Gasteiger partial charge in [-0.15, -0.1) is 0 Å². The van der Waals surface area contributed by atoms with Crippen LogP contribution in [0.1, 0.15) is 32.6 Å². The first-order valence-corrected chi connectivity index (χ1v) is 7.15. The molecule has 0 aliphatic rings. The van der Waals surface area contributed by atoms with Crippen molar-refractivity contribution in [1.29, 1.82) is 0 Å². The molecule has 0 heterocycles. The molecule has 0 radical (unpaired) electrons. The SMILES string of the molecule is Cc1cc(C(=O)c2cccc(C)c2Br)c(C)cc1Cl. The zero-order valence-electron chi connectivity index (χ0n) is 11.1. The summed E-state index contributed by atoms with van der Waals surface area (Å²) in [6, 6.07) is 9.40. The van der Waals surface area contributed by atoms with Crippen LogP contribution in [0.25, 0.3) is 0 Å². The van der Waals surface area contributed by atoms with Crippen molar-refractivity contribution in [3.8, 4) is 0 Å². The Balaban J connectivity index is 2.56. The van der Waals surface area contributed by atoms with Gasteiger partial charge in [0.25, 0.3) is 0 Å². The molecule has 1 nitrogen and oxygen atoms in total. The predicted molar refractivity (Wildman–Crippen MR) is 83.2 cm³/mol. The molecule has 0 aromatic heterocycles. The highest BCUT2D eigenvalue weighted by atomic mass is 79.9. The second-order valence-electron chi connectivity index (χ2n) is 4.68. The summed E-state index contributed by atoms with van der Waals surface area (Å²) in [4.78, 5) is 12.6. The van der Waals surface area contributed by atoms with E-state index < -0.39 is 0 Å². The minimum Gasteiger partial charge on any atom is -0.289 e. The molecule has 98 valence electrons. The lowest BCUT2D eigenvalue weighted by Gasteiger charge is -2.10. The Morgan fingerprint density at radius 3 is 2.37 bits per heavy atom. The second-order valence-corrected chi connectivity index (χ2v) is 5.88. The zero-order chi connectivity index (χ0) is 14.2. The Morgan fingerprint density at radius 2 is 1.68 bits per heavy atom. The number of ketones is 1. The topological polar surface area (TPSA) is 17.1 Å². The monoisotopic (exact) mass is 336 g/mol. The van der Waals surface area contributed by atoms with Crippen LogP contribution in [0.3, 0.4) is 0 Å². The zero-order valence-corrected chi connectivity index (χ0v) is 13.4. The highest BCUT2D eigenvalue weighted by Gasteiger charge is 2.16. The number of hydrogen-bond donors (Lipinski definition) is 0. The molecule has 0 spiro atoms. The Bertz CT molecular complexity index is 662. The van der Waals surface area contributed by atoms with Crippen molar-refractivity contribution in [2.75, 3.05) is 0 Å². The lowest BCUT2D eigenvalue weighted by Crippen LogP contribution is -2.06. The van der Waals surface area contributed by atoms with Gasteiger partial charge in [-0.05, 0) is 71.6 Å². The van der Waals surface area contributed by atoms with E-state index in [-0.39, 0.29) is 5.78 Å². The fourth-order valence-electron chi connectivity index (χ4n) is 1.99. The molecular formula is C16H14BrClO. The number of hydrogen-bond acceptors (Lipinski definition) is 1. The van der Waals surface area contributed by atoms with E-state index in [1.54, 1.807) is 0 Å². The first kappa shape index (κ1) is 14.3. The maximum atomic E-state index is 12.6. The van der Waals surface area contributed by atoms with Gasteiger partial charge in [0.05, 0.1) is 0 Å². The molecule has 19 heavy (non-hydrogen) atoms. The van der Waals surface area contributed by atoms with Crippen LogP contribution < -0.4 is 0 Å². The van der Waals surface area contributed by atoms with Crippen LogP contribution in [0.2, 0.25) is 5.02 Å². The number of carbonyl (C=O) groups is 1. The lowest BCUT2D eigenvalue weighted by molar-refractivity contribution is 0.103. The summed E-state index contributed by atoms with van der Waals surface area (Å²) < 4.78 is 0.854. The van der Waals surface area contributed by atoms with Crippen LogP contribution in [-0.2, 0) is 0 Å². The predicted octanol–water partition coefficient (Wildman–Crippen LogP) is 5.26. The third-order valence-corrected chi connectivity index (χ3v) is 4.65. The summed E-state index contributed by atoms with van der Waals surface area (Å²) in [5.74, 6) is 0.0211. The number of benzene rings is 2. The average Bonchev–Trinajstić information content (AvgIpc) is 2.36. The van der Waals surface area contributed by atoms with E-state index in [2.05, 4.69) is 15.9 Å². The summed E-state index contributed by atoms with van der Waals surface area (Å²) in [6.07, 6.45) is 0. The van der Waals surface area contributed by atoms with Gasteiger partial charge in [0.1, 0.15) is 0 Å². The molecule has 0 aliphatic carbocycles. The Hall–Kier alpha value is -1.12. The maximum Gasteiger partial charge on any atom is 0.194 e. The van der Waals surface area contributed by atoms with Crippen molar-refractivity contribution in [2.45, 2.75) is 20.8 Å². The molecule has 0 aliphatic heterocycles. The number of aryl methyl sites for hydroxylation is 3. The summed E-state index contributed by atoms with van der Waals surface area (Å²) in [7, 11) is 0. The molecule has 0 bridgehead atoms. The number of halogens is 2. The molecule has 2 aromatic rings. The number of carbonyl (C=O) groups excluding carboxylic acids is 1. The minimum absolute atomic E-state index is 0.0211. The Morgan fingerprint density at radius 1 is 1.00 bits per heavy atom. The lowest BCUT2D eigenvalue weighted by atomic mass is 9.96. The summed E-state index contributed by atoms with van der Waals surface area (Å²) >= 11 is 9.56. The normalized spacial score (nSPS) is 10.6. The quantitative estimate of drug-likeness (QED) is 0.683. The molecule has 0 unspecified atom stereocenters. The van der Waals surface area contributed by atoms with Gasteiger partial charge in [-0.1, -0.05) is 23.7 Å². The van der Waals surface area contributed by atoms with Gasteiger partial charge in [0.2, 0.25) is 0 Å². The van der Waals surface area contributed by atoms with E-state index in [0.717, 1.165) is 21.2 Å². The van der Waals surface area contributed by atoms with Gasteiger partial charge in [-0.25, -0.2) is 0 Å². The van der Waals surface area contributed by atoms with Crippen LogP contribution in [0.5, 0.6) is 0 Å². The van der Waals surface area contributed by atoms with Gasteiger partial charge in [-0.2, -0.15) is 0 Å². The summed E-state index contributed by atoms with van der Waals surface area (Å²) in [5.41, 5.74) is 4.25. The highest BCUT2D eigenvalue weighted by molar-refractivity contribution is 9.10. The summed E-state index contributed by atoms with van der Waals surface area (Å²) in [5, 5.41) is 0.692. The number of rotatable bonds is 2. The van der Waals surface area contributed by atoms with Crippen LogP contribution in [0.4, 0.5) is 0 Å². The average molecular weight is 338 g/mol. The van der Waals surface area contributed by atoms with Crippen molar-refractivity contribution >= 4 is 33.3 Å². The molecule has 0 atom stereocenters.